The molecule has 0 aliphatic rings. The standard InChI is InChI=1S/C18H19ClN4O/c1-10(2)23-17-13(9-20-23)7-15(12(4)21-17)18(24)22-14-6-5-11(3)16(19)8-14/h5-10H,1-4H3,(H,22,24). The molecule has 24 heavy (non-hydrogen) atoms. The highest BCUT2D eigenvalue weighted by Crippen LogP contribution is 2.22. The van der Waals surface area contributed by atoms with Crippen LogP contribution in [0.5, 0.6) is 0 Å². The maximum Gasteiger partial charge on any atom is 0.257 e. The first-order chi connectivity index (χ1) is 11.4. The fraction of sp³-hybridized carbons (Fsp3) is 0.278. The van der Waals surface area contributed by atoms with Crippen molar-refractivity contribution in [2.75, 3.05) is 5.32 Å². The lowest BCUT2D eigenvalue weighted by Crippen LogP contribution is -2.14. The van der Waals surface area contributed by atoms with Crippen molar-refractivity contribution in [3.8, 4) is 0 Å². The molecule has 124 valence electrons. The maximum atomic E-state index is 12.6. The molecular formula is C18H19ClN4O. The molecule has 2 aromatic heterocycles. The van der Waals surface area contributed by atoms with Crippen LogP contribution in [0, 0.1) is 13.8 Å². The van der Waals surface area contributed by atoms with E-state index in [0.29, 0.717) is 22.0 Å². The summed E-state index contributed by atoms with van der Waals surface area (Å²) in [5, 5.41) is 8.69. The Morgan fingerprint density at radius 3 is 2.67 bits per heavy atom. The van der Waals surface area contributed by atoms with Crippen molar-refractivity contribution < 1.29 is 4.79 Å². The minimum Gasteiger partial charge on any atom is -0.322 e. The summed E-state index contributed by atoms with van der Waals surface area (Å²) in [7, 11) is 0. The van der Waals surface area contributed by atoms with E-state index in [2.05, 4.69) is 15.4 Å². The number of hydrogen-bond acceptors (Lipinski definition) is 3. The lowest BCUT2D eigenvalue weighted by atomic mass is 10.1. The molecule has 3 rings (SSSR count). The van der Waals surface area contributed by atoms with Gasteiger partial charge in [-0.1, -0.05) is 17.7 Å². The third-order valence-electron chi connectivity index (χ3n) is 3.92. The molecule has 1 aromatic carbocycles. The quantitative estimate of drug-likeness (QED) is 0.760. The molecule has 6 heteroatoms. The average molecular weight is 343 g/mol. The largest absolute Gasteiger partial charge is 0.322 e. The number of halogens is 1. The molecule has 0 unspecified atom stereocenters. The highest BCUT2D eigenvalue weighted by molar-refractivity contribution is 6.31. The highest BCUT2D eigenvalue weighted by atomic mass is 35.5. The number of nitrogens with one attached hydrogen (secondary N) is 1. The van der Waals surface area contributed by atoms with E-state index in [9.17, 15) is 4.79 Å². The summed E-state index contributed by atoms with van der Waals surface area (Å²) in [5.41, 5.74) is 3.61. The molecule has 0 saturated carbocycles. The molecule has 0 atom stereocenters. The van der Waals surface area contributed by atoms with Crippen LogP contribution in [0.3, 0.4) is 0 Å². The van der Waals surface area contributed by atoms with Crippen molar-refractivity contribution in [2.45, 2.75) is 33.7 Å². The van der Waals surface area contributed by atoms with Gasteiger partial charge >= 0.3 is 0 Å². The van der Waals surface area contributed by atoms with E-state index in [0.717, 1.165) is 16.6 Å². The summed E-state index contributed by atoms with van der Waals surface area (Å²) in [4.78, 5) is 17.2. The van der Waals surface area contributed by atoms with Gasteiger partial charge in [-0.25, -0.2) is 9.67 Å². The van der Waals surface area contributed by atoms with Crippen molar-refractivity contribution in [1.82, 2.24) is 14.8 Å². The fourth-order valence-electron chi connectivity index (χ4n) is 2.54. The van der Waals surface area contributed by atoms with Crippen molar-refractivity contribution in [3.05, 3.63) is 52.3 Å². The molecule has 0 bridgehead atoms. The first kappa shape index (κ1) is 16.5. The highest BCUT2D eigenvalue weighted by Gasteiger charge is 2.15. The Labute approximate surface area is 145 Å². The second kappa shape index (κ2) is 6.24. The summed E-state index contributed by atoms with van der Waals surface area (Å²) >= 11 is 6.11. The molecule has 0 radical (unpaired) electrons. The van der Waals surface area contributed by atoms with E-state index in [-0.39, 0.29) is 11.9 Å². The Balaban J connectivity index is 1.94. The van der Waals surface area contributed by atoms with Gasteiger partial charge in [0.05, 0.1) is 17.5 Å². The number of amides is 1. The molecule has 0 fully saturated rings. The van der Waals surface area contributed by atoms with Crippen LogP contribution < -0.4 is 5.32 Å². The van der Waals surface area contributed by atoms with E-state index in [1.807, 2.05) is 50.6 Å². The Morgan fingerprint density at radius 1 is 1.25 bits per heavy atom. The monoisotopic (exact) mass is 342 g/mol. The Hall–Kier alpha value is -2.40. The summed E-state index contributed by atoms with van der Waals surface area (Å²) in [6.07, 6.45) is 1.74. The van der Waals surface area contributed by atoms with Gasteiger partial charge in [0.1, 0.15) is 0 Å². The molecule has 0 saturated heterocycles. The van der Waals surface area contributed by atoms with Crippen LogP contribution in [0.25, 0.3) is 11.0 Å². The molecule has 5 nitrogen and oxygen atoms in total. The van der Waals surface area contributed by atoms with Crippen molar-refractivity contribution in [2.24, 2.45) is 0 Å². The zero-order valence-corrected chi connectivity index (χ0v) is 14.8. The molecule has 3 aromatic rings. The zero-order valence-electron chi connectivity index (χ0n) is 14.1. The average Bonchev–Trinajstić information content (AvgIpc) is 2.93. The van der Waals surface area contributed by atoms with Crippen LogP contribution in [-0.4, -0.2) is 20.7 Å². The summed E-state index contributed by atoms with van der Waals surface area (Å²) in [5.74, 6) is -0.209. The summed E-state index contributed by atoms with van der Waals surface area (Å²) in [6, 6.07) is 7.49. The van der Waals surface area contributed by atoms with Gasteiger partial charge in [0, 0.05) is 22.1 Å². The van der Waals surface area contributed by atoms with Crippen LogP contribution in [0.15, 0.2) is 30.5 Å². The Morgan fingerprint density at radius 2 is 2.00 bits per heavy atom. The van der Waals surface area contributed by atoms with Crippen LogP contribution in [-0.2, 0) is 0 Å². The van der Waals surface area contributed by atoms with E-state index >= 15 is 0 Å². The predicted molar refractivity (Wildman–Crippen MR) is 96.8 cm³/mol. The van der Waals surface area contributed by atoms with Crippen LogP contribution in [0.4, 0.5) is 5.69 Å². The number of benzene rings is 1. The summed E-state index contributed by atoms with van der Waals surface area (Å²) in [6.45, 7) is 7.84. The van der Waals surface area contributed by atoms with E-state index in [4.69, 9.17) is 11.6 Å². The SMILES string of the molecule is Cc1ccc(NC(=O)c2cc3cnn(C(C)C)c3nc2C)cc1Cl. The third-order valence-corrected chi connectivity index (χ3v) is 4.33. The number of hydrogen-bond donors (Lipinski definition) is 1. The van der Waals surface area contributed by atoms with E-state index in [1.54, 1.807) is 12.3 Å². The number of rotatable bonds is 3. The molecule has 0 spiro atoms. The molecule has 2 heterocycles. The first-order valence-corrected chi connectivity index (χ1v) is 8.17. The van der Waals surface area contributed by atoms with Crippen molar-refractivity contribution in [1.29, 1.82) is 0 Å². The number of aromatic nitrogens is 3. The van der Waals surface area contributed by atoms with Gasteiger partial charge in [0.2, 0.25) is 0 Å². The van der Waals surface area contributed by atoms with Gasteiger partial charge in [-0.05, 0) is 51.5 Å². The molecule has 0 aliphatic carbocycles. The fourth-order valence-corrected chi connectivity index (χ4v) is 2.72. The number of nitrogens with zero attached hydrogens (tertiary/aromatic N) is 3. The van der Waals surface area contributed by atoms with Gasteiger partial charge in [-0.3, -0.25) is 4.79 Å². The lowest BCUT2D eigenvalue weighted by molar-refractivity contribution is 0.102. The zero-order chi connectivity index (χ0) is 17.4. The number of aryl methyl sites for hydroxylation is 2. The Kier molecular flexibility index (Phi) is 4.28. The maximum absolute atomic E-state index is 12.6. The van der Waals surface area contributed by atoms with E-state index in [1.165, 1.54) is 0 Å². The normalized spacial score (nSPS) is 11.2. The minimum atomic E-state index is -0.209. The van der Waals surface area contributed by atoms with Crippen LogP contribution >= 0.6 is 11.6 Å². The third kappa shape index (κ3) is 2.99. The molecular weight excluding hydrogens is 324 g/mol. The number of carbonyl (C=O) groups excluding carboxylic acids is 1. The van der Waals surface area contributed by atoms with Crippen LogP contribution in [0.2, 0.25) is 5.02 Å². The number of pyridine rings is 1. The molecule has 1 amide bonds. The second-order valence-electron chi connectivity index (χ2n) is 6.14. The number of carbonyl (C=O) groups is 1. The number of fused-ring (bicyclic) bond motifs is 1. The van der Waals surface area contributed by atoms with Gasteiger partial charge in [0.25, 0.3) is 5.91 Å². The predicted octanol–water partition coefficient (Wildman–Crippen LogP) is 4.53. The second-order valence-corrected chi connectivity index (χ2v) is 6.54. The van der Waals surface area contributed by atoms with Crippen molar-refractivity contribution in [3.63, 3.8) is 0 Å². The Bertz CT molecular complexity index is 930. The molecule has 1 N–H and O–H groups in total. The van der Waals surface area contributed by atoms with Crippen LogP contribution in [0.1, 0.15) is 41.5 Å². The van der Waals surface area contributed by atoms with Gasteiger partial charge in [0.15, 0.2) is 5.65 Å². The van der Waals surface area contributed by atoms with Gasteiger partial charge < -0.3 is 5.32 Å². The topological polar surface area (TPSA) is 59.8 Å². The smallest absolute Gasteiger partial charge is 0.257 e. The van der Waals surface area contributed by atoms with Gasteiger partial charge in [-0.2, -0.15) is 5.10 Å². The van der Waals surface area contributed by atoms with Crippen molar-refractivity contribution >= 4 is 34.2 Å². The van der Waals surface area contributed by atoms with Gasteiger partial charge in [-0.15, -0.1) is 0 Å². The lowest BCUT2D eigenvalue weighted by Gasteiger charge is -2.10. The summed E-state index contributed by atoms with van der Waals surface area (Å²) < 4.78 is 1.85. The number of anilines is 1. The molecule has 0 aliphatic heterocycles. The minimum absolute atomic E-state index is 0.209. The van der Waals surface area contributed by atoms with E-state index < -0.39 is 0 Å². The first-order valence-electron chi connectivity index (χ1n) is 7.79.